The Morgan fingerprint density at radius 3 is 2.28 bits per heavy atom. The molecule has 0 radical (unpaired) electrons. The van der Waals surface area contributed by atoms with Crippen LogP contribution in [-0.4, -0.2) is 73.3 Å². The largest absolute Gasteiger partial charge is 0.354 e. The molecule has 1 fully saturated rings. The molecule has 1 saturated heterocycles. The molecule has 0 bridgehead atoms. The van der Waals surface area contributed by atoms with Crippen molar-refractivity contribution in [3.63, 3.8) is 0 Å². The average molecular weight is 536 g/mol. The zero-order valence-electron chi connectivity index (χ0n) is 23.5. The van der Waals surface area contributed by atoms with Gasteiger partial charge in [-0.2, -0.15) is 0 Å². The van der Waals surface area contributed by atoms with E-state index in [0.717, 1.165) is 11.1 Å². The third kappa shape index (κ3) is 8.38. The summed E-state index contributed by atoms with van der Waals surface area (Å²) >= 11 is 0. The monoisotopic (exact) mass is 535 g/mol. The van der Waals surface area contributed by atoms with E-state index in [4.69, 9.17) is 0 Å². The molecule has 1 aliphatic rings. The van der Waals surface area contributed by atoms with Crippen LogP contribution in [0.25, 0.3) is 0 Å². The number of amides is 4. The van der Waals surface area contributed by atoms with E-state index in [1.807, 2.05) is 70.2 Å². The molecule has 4 amide bonds. The lowest BCUT2D eigenvalue weighted by atomic mass is 9.85. The highest BCUT2D eigenvalue weighted by Gasteiger charge is 2.45. The van der Waals surface area contributed by atoms with E-state index in [0.29, 0.717) is 18.5 Å². The molecule has 2 aromatic carbocycles. The summed E-state index contributed by atoms with van der Waals surface area (Å²) in [6.45, 7) is 8.22. The van der Waals surface area contributed by atoms with Crippen LogP contribution in [0.1, 0.15) is 48.7 Å². The van der Waals surface area contributed by atoms with E-state index in [-0.39, 0.29) is 43.1 Å². The second-order valence-electron chi connectivity index (χ2n) is 11.2. The number of hydrogen-bond acceptors (Lipinski definition) is 5. The number of carbonyl (C=O) groups excluding carboxylic acids is 4. The van der Waals surface area contributed by atoms with Crippen molar-refractivity contribution < 1.29 is 19.2 Å². The number of likely N-dealkylation sites (N-methyl/N-ethyl adjacent to an activating group) is 1. The Morgan fingerprint density at radius 1 is 1.00 bits per heavy atom. The highest BCUT2D eigenvalue weighted by atomic mass is 16.2. The minimum Gasteiger partial charge on any atom is -0.354 e. The van der Waals surface area contributed by atoms with Crippen LogP contribution in [0.15, 0.2) is 54.6 Å². The summed E-state index contributed by atoms with van der Waals surface area (Å²) < 4.78 is 0. The van der Waals surface area contributed by atoms with Gasteiger partial charge in [-0.05, 0) is 49.9 Å². The van der Waals surface area contributed by atoms with Crippen molar-refractivity contribution in [1.29, 1.82) is 0 Å². The number of carbonyl (C=O) groups is 4. The fourth-order valence-electron chi connectivity index (χ4n) is 4.69. The van der Waals surface area contributed by atoms with Gasteiger partial charge >= 0.3 is 0 Å². The third-order valence-electron chi connectivity index (χ3n) is 6.85. The number of nitrogens with one attached hydrogen (secondary N) is 4. The zero-order valence-corrected chi connectivity index (χ0v) is 23.5. The van der Waals surface area contributed by atoms with Gasteiger partial charge in [0.1, 0.15) is 12.1 Å². The highest BCUT2D eigenvalue weighted by Crippen LogP contribution is 2.26. The number of rotatable bonds is 10. The van der Waals surface area contributed by atoms with Crippen molar-refractivity contribution in [2.75, 3.05) is 26.7 Å². The van der Waals surface area contributed by atoms with E-state index < -0.39 is 23.5 Å². The summed E-state index contributed by atoms with van der Waals surface area (Å²) in [4.78, 5) is 54.1. The first-order valence-electron chi connectivity index (χ1n) is 13.4. The molecule has 2 aromatic rings. The molecule has 39 heavy (non-hydrogen) atoms. The van der Waals surface area contributed by atoms with E-state index in [1.54, 1.807) is 19.2 Å². The quantitative estimate of drug-likeness (QED) is 0.370. The predicted octanol–water partition coefficient (Wildman–Crippen LogP) is 1.80. The van der Waals surface area contributed by atoms with E-state index in [2.05, 4.69) is 21.3 Å². The van der Waals surface area contributed by atoms with Crippen LogP contribution in [0.2, 0.25) is 0 Å². The van der Waals surface area contributed by atoms with Crippen LogP contribution in [0.5, 0.6) is 0 Å². The summed E-state index contributed by atoms with van der Waals surface area (Å²) in [5, 5.41) is 11.6. The maximum absolute atomic E-state index is 13.9. The van der Waals surface area contributed by atoms with Gasteiger partial charge in [0.2, 0.25) is 17.7 Å². The number of nitrogens with zero attached hydrogens (tertiary/aromatic N) is 1. The maximum Gasteiger partial charge on any atom is 0.251 e. The van der Waals surface area contributed by atoms with Crippen LogP contribution < -0.4 is 21.3 Å². The highest BCUT2D eigenvalue weighted by molar-refractivity contribution is 5.96. The molecule has 9 heteroatoms. The van der Waals surface area contributed by atoms with Gasteiger partial charge in [0.25, 0.3) is 5.91 Å². The number of aryl methyl sites for hydroxylation is 1. The number of benzene rings is 2. The van der Waals surface area contributed by atoms with E-state index in [1.165, 1.54) is 4.90 Å². The summed E-state index contributed by atoms with van der Waals surface area (Å²) in [5.41, 5.74) is 2.06. The lowest BCUT2D eigenvalue weighted by Gasteiger charge is -2.35. The second kappa shape index (κ2) is 13.4. The van der Waals surface area contributed by atoms with Crippen molar-refractivity contribution >= 4 is 23.6 Å². The first kappa shape index (κ1) is 29.8. The van der Waals surface area contributed by atoms with Crippen LogP contribution in [-0.2, 0) is 20.8 Å². The normalized spacial score (nSPS) is 17.8. The molecule has 3 atom stereocenters. The van der Waals surface area contributed by atoms with Gasteiger partial charge in [0.05, 0.1) is 6.54 Å². The van der Waals surface area contributed by atoms with E-state index in [9.17, 15) is 19.2 Å². The molecule has 0 aromatic heterocycles. The van der Waals surface area contributed by atoms with Crippen molar-refractivity contribution in [3.8, 4) is 0 Å². The van der Waals surface area contributed by atoms with Crippen LogP contribution in [0.4, 0.5) is 0 Å². The van der Waals surface area contributed by atoms with Gasteiger partial charge in [-0.25, -0.2) is 0 Å². The molecule has 4 N–H and O–H groups in total. The van der Waals surface area contributed by atoms with Crippen molar-refractivity contribution in [1.82, 2.24) is 26.2 Å². The summed E-state index contributed by atoms with van der Waals surface area (Å²) in [5.74, 6) is -1.19. The van der Waals surface area contributed by atoms with Gasteiger partial charge in [0.15, 0.2) is 0 Å². The lowest BCUT2D eigenvalue weighted by molar-refractivity contribution is -0.143. The zero-order chi connectivity index (χ0) is 28.6. The molecule has 0 aliphatic carbocycles. The Morgan fingerprint density at radius 2 is 1.67 bits per heavy atom. The molecule has 210 valence electrons. The Hall–Kier alpha value is -3.72. The van der Waals surface area contributed by atoms with Gasteiger partial charge in [-0.15, -0.1) is 0 Å². The standard InChI is InChI=1S/C30H41N5O4/c1-20-11-13-22(14-12-20)27(37)33-23-17-24(28(38)32-16-15-21-9-7-6-8-10-21)35(19-23)29(39)26(30(2,3)4)34-25(36)18-31-5/h6-14,23-24,26,31H,15-19H2,1-5H3,(H,32,38)(H,33,37)(H,34,36)/t23-,24-,26+/m0/s1. The van der Waals surface area contributed by atoms with Crippen molar-refractivity contribution in [3.05, 3.63) is 71.3 Å². The summed E-state index contributed by atoms with van der Waals surface area (Å²) in [6.07, 6.45) is 0.938. The van der Waals surface area contributed by atoms with Crippen LogP contribution >= 0.6 is 0 Å². The molecule has 9 nitrogen and oxygen atoms in total. The van der Waals surface area contributed by atoms with Crippen LogP contribution in [0.3, 0.4) is 0 Å². The fourth-order valence-corrected chi connectivity index (χ4v) is 4.69. The summed E-state index contributed by atoms with van der Waals surface area (Å²) in [7, 11) is 1.66. The molecule has 0 spiro atoms. The number of likely N-dealkylation sites (tertiary alicyclic amines) is 1. The Bertz CT molecular complexity index is 1140. The second-order valence-corrected chi connectivity index (χ2v) is 11.2. The van der Waals surface area contributed by atoms with Gasteiger partial charge in [0, 0.05) is 24.7 Å². The van der Waals surface area contributed by atoms with Crippen molar-refractivity contribution in [2.45, 2.75) is 58.7 Å². The molecular formula is C30H41N5O4. The Balaban J connectivity index is 1.78. The van der Waals surface area contributed by atoms with Gasteiger partial charge in [-0.3, -0.25) is 19.2 Å². The first-order chi connectivity index (χ1) is 18.5. The van der Waals surface area contributed by atoms with Gasteiger partial charge in [-0.1, -0.05) is 68.8 Å². The van der Waals surface area contributed by atoms with Gasteiger partial charge < -0.3 is 26.2 Å². The Labute approximate surface area is 231 Å². The molecule has 0 saturated carbocycles. The number of hydrogen-bond donors (Lipinski definition) is 4. The molecular weight excluding hydrogens is 494 g/mol. The SMILES string of the molecule is CNCC(=O)N[C@H](C(=O)N1C[C@@H](NC(=O)c2ccc(C)cc2)C[C@H]1C(=O)NCCc1ccccc1)C(C)(C)C. The maximum atomic E-state index is 13.9. The topological polar surface area (TPSA) is 120 Å². The van der Waals surface area contributed by atoms with Crippen molar-refractivity contribution in [2.24, 2.45) is 5.41 Å². The molecule has 0 unspecified atom stereocenters. The third-order valence-corrected chi connectivity index (χ3v) is 6.85. The fraction of sp³-hybridized carbons (Fsp3) is 0.467. The first-order valence-corrected chi connectivity index (χ1v) is 13.4. The predicted molar refractivity (Wildman–Crippen MR) is 151 cm³/mol. The lowest BCUT2D eigenvalue weighted by Crippen LogP contribution is -2.58. The Kier molecular flexibility index (Phi) is 10.2. The van der Waals surface area contributed by atoms with E-state index >= 15 is 0 Å². The smallest absolute Gasteiger partial charge is 0.251 e. The average Bonchev–Trinajstić information content (AvgIpc) is 3.31. The molecule has 3 rings (SSSR count). The molecule has 1 heterocycles. The summed E-state index contributed by atoms with van der Waals surface area (Å²) in [6, 6.07) is 15.0. The minimum absolute atomic E-state index is 0.0679. The van der Waals surface area contributed by atoms with Crippen LogP contribution in [0, 0.1) is 12.3 Å². The molecule has 1 aliphatic heterocycles. The minimum atomic E-state index is -0.843.